The van der Waals surface area contributed by atoms with E-state index in [9.17, 15) is 9.59 Å². The number of amides is 1. The molecule has 3 aromatic heterocycles. The van der Waals surface area contributed by atoms with E-state index >= 15 is 4.39 Å². The molecule has 11 heteroatoms. The molecular weight excluding hydrogens is 487 g/mol. The number of nitrogens with zero attached hydrogens (tertiary/aromatic N) is 6. The van der Waals surface area contributed by atoms with Crippen molar-refractivity contribution in [2.45, 2.75) is 20.4 Å². The minimum absolute atomic E-state index is 0.167. The van der Waals surface area contributed by atoms with Gasteiger partial charge >= 0.3 is 0 Å². The molecule has 0 radical (unpaired) electrons. The van der Waals surface area contributed by atoms with E-state index in [0.29, 0.717) is 66.1 Å². The van der Waals surface area contributed by atoms with Crippen LogP contribution in [0.1, 0.15) is 27.3 Å². The Kier molecular flexibility index (Phi) is 5.79. The lowest BCUT2D eigenvalue weighted by atomic mass is 10.1. The van der Waals surface area contributed by atoms with Crippen LogP contribution >= 0.6 is 0 Å². The molecular formula is C27H27FN8O2. The Balaban J connectivity index is 1.21. The lowest BCUT2D eigenvalue weighted by Gasteiger charge is -2.36. The molecule has 6 rings (SSSR count). The molecule has 194 valence electrons. The second-order valence-corrected chi connectivity index (χ2v) is 9.65. The Morgan fingerprint density at radius 3 is 2.58 bits per heavy atom. The molecule has 1 aliphatic rings. The number of H-pyrrole nitrogens is 1. The number of rotatable bonds is 4. The molecule has 1 amide bonds. The summed E-state index contributed by atoms with van der Waals surface area (Å²) in [5.41, 5.74) is 4.72. The van der Waals surface area contributed by atoms with Crippen LogP contribution in [0.15, 0.2) is 41.2 Å². The fourth-order valence-electron chi connectivity index (χ4n) is 5.13. The second-order valence-electron chi connectivity index (χ2n) is 9.65. The monoisotopic (exact) mass is 514 g/mol. The van der Waals surface area contributed by atoms with Gasteiger partial charge in [0.2, 0.25) is 0 Å². The fourth-order valence-corrected chi connectivity index (χ4v) is 5.13. The number of halogens is 1. The maximum absolute atomic E-state index is 15.5. The highest BCUT2D eigenvalue weighted by Crippen LogP contribution is 2.24. The number of nitrogens with one attached hydrogen (secondary N) is 2. The summed E-state index contributed by atoms with van der Waals surface area (Å²) in [5.74, 6) is 0.193. The van der Waals surface area contributed by atoms with Gasteiger partial charge in [-0.2, -0.15) is 5.10 Å². The molecule has 10 nitrogen and oxygen atoms in total. The van der Waals surface area contributed by atoms with Gasteiger partial charge in [-0.25, -0.2) is 18.9 Å². The van der Waals surface area contributed by atoms with Crippen molar-refractivity contribution >= 4 is 39.3 Å². The summed E-state index contributed by atoms with van der Waals surface area (Å²) in [6, 6.07) is 10.6. The normalized spacial score (nSPS) is 14.6. The first-order chi connectivity index (χ1) is 18.3. The topological polar surface area (TPSA) is 112 Å². The summed E-state index contributed by atoms with van der Waals surface area (Å²) in [4.78, 5) is 41.1. The third kappa shape index (κ3) is 4.04. The predicted molar refractivity (Wildman–Crippen MR) is 143 cm³/mol. The summed E-state index contributed by atoms with van der Waals surface area (Å²) in [5, 5.41) is 6.99. The van der Waals surface area contributed by atoms with E-state index in [2.05, 4.69) is 25.2 Å². The molecule has 2 N–H and O–H groups in total. The summed E-state index contributed by atoms with van der Waals surface area (Å²) < 4.78 is 17.0. The molecule has 0 atom stereocenters. The Morgan fingerprint density at radius 1 is 1.03 bits per heavy atom. The van der Waals surface area contributed by atoms with Crippen LogP contribution in [-0.4, -0.2) is 68.6 Å². The number of fused-ring (bicyclic) bond motifs is 4. The zero-order valence-corrected chi connectivity index (χ0v) is 21.4. The highest BCUT2D eigenvalue weighted by atomic mass is 19.1. The van der Waals surface area contributed by atoms with Crippen LogP contribution in [-0.2, 0) is 6.54 Å². The van der Waals surface area contributed by atoms with Gasteiger partial charge in [0.15, 0.2) is 11.6 Å². The van der Waals surface area contributed by atoms with Crippen LogP contribution in [0.25, 0.3) is 27.6 Å². The molecule has 1 fully saturated rings. The van der Waals surface area contributed by atoms with Gasteiger partial charge in [0, 0.05) is 50.9 Å². The standard InChI is InChI=1S/C27H27FN8O2/c1-15-12-22-27(38)32-24-21(36(22)33-15)7-5-18(23(24)28)14-34-8-10-35(11-9-34)25-16(2)30-19-6-4-17(26(37)29-3)13-20(19)31-25/h4-7,12-13H,8-11,14H2,1-3H3,(H,29,37)(H,32,38). The third-order valence-electron chi connectivity index (χ3n) is 7.10. The Labute approximate surface area is 217 Å². The van der Waals surface area contributed by atoms with Crippen molar-refractivity contribution in [2.24, 2.45) is 0 Å². The first-order valence-corrected chi connectivity index (χ1v) is 12.5. The van der Waals surface area contributed by atoms with Crippen LogP contribution < -0.4 is 15.8 Å². The van der Waals surface area contributed by atoms with Crippen molar-refractivity contribution in [1.29, 1.82) is 0 Å². The van der Waals surface area contributed by atoms with Gasteiger partial charge in [0.25, 0.3) is 11.5 Å². The van der Waals surface area contributed by atoms with Crippen LogP contribution in [0.2, 0.25) is 0 Å². The van der Waals surface area contributed by atoms with Crippen LogP contribution in [0.5, 0.6) is 0 Å². The van der Waals surface area contributed by atoms with Gasteiger partial charge in [-0.3, -0.25) is 14.5 Å². The molecule has 4 heterocycles. The maximum atomic E-state index is 15.5. The Bertz CT molecular complexity index is 1790. The Morgan fingerprint density at radius 2 is 1.82 bits per heavy atom. The molecule has 38 heavy (non-hydrogen) atoms. The Hall–Kier alpha value is -4.38. The predicted octanol–water partition coefficient (Wildman–Crippen LogP) is 2.56. The lowest BCUT2D eigenvalue weighted by molar-refractivity contribution is 0.0963. The van der Waals surface area contributed by atoms with Crippen LogP contribution in [0, 0.1) is 19.7 Å². The van der Waals surface area contributed by atoms with Gasteiger partial charge in [0.1, 0.15) is 11.0 Å². The van der Waals surface area contributed by atoms with E-state index in [4.69, 9.17) is 9.97 Å². The number of carbonyl (C=O) groups is 1. The number of carbonyl (C=O) groups excluding carboxylic acids is 1. The SMILES string of the molecule is CNC(=O)c1ccc2nc(C)c(N3CCN(Cc4ccc5c([nH]c(=O)c6cc(C)nn65)c4F)CC3)nc2c1. The van der Waals surface area contributed by atoms with E-state index in [-0.39, 0.29) is 17.0 Å². The quantitative estimate of drug-likeness (QED) is 0.379. The van der Waals surface area contributed by atoms with Crippen LogP contribution in [0.4, 0.5) is 10.2 Å². The number of piperazine rings is 1. The van der Waals surface area contributed by atoms with Gasteiger partial charge in [-0.15, -0.1) is 0 Å². The van der Waals surface area contributed by atoms with Crippen molar-refractivity contribution in [2.75, 3.05) is 38.1 Å². The first-order valence-electron chi connectivity index (χ1n) is 12.5. The second kappa shape index (κ2) is 9.18. The fraction of sp³-hybridized carbons (Fsp3) is 0.296. The summed E-state index contributed by atoms with van der Waals surface area (Å²) in [6.45, 7) is 6.99. The van der Waals surface area contributed by atoms with E-state index < -0.39 is 5.82 Å². The highest BCUT2D eigenvalue weighted by molar-refractivity contribution is 5.97. The first kappa shape index (κ1) is 24.0. The zero-order valence-electron chi connectivity index (χ0n) is 21.4. The third-order valence-corrected chi connectivity index (χ3v) is 7.10. The largest absolute Gasteiger partial charge is 0.355 e. The minimum atomic E-state index is -0.430. The van der Waals surface area contributed by atoms with Crippen molar-refractivity contribution in [1.82, 2.24) is 34.8 Å². The average molecular weight is 515 g/mol. The highest BCUT2D eigenvalue weighted by Gasteiger charge is 2.23. The van der Waals surface area contributed by atoms with E-state index in [0.717, 1.165) is 17.0 Å². The number of hydrogen-bond acceptors (Lipinski definition) is 7. The summed E-state index contributed by atoms with van der Waals surface area (Å²) in [7, 11) is 1.60. The smallest absolute Gasteiger partial charge is 0.274 e. The van der Waals surface area contributed by atoms with E-state index in [1.807, 2.05) is 13.0 Å². The molecule has 5 aromatic rings. The molecule has 0 bridgehead atoms. The van der Waals surface area contributed by atoms with Gasteiger partial charge in [-0.05, 0) is 44.2 Å². The molecule has 0 spiro atoms. The molecule has 0 unspecified atom stereocenters. The zero-order chi connectivity index (χ0) is 26.6. The lowest BCUT2D eigenvalue weighted by Crippen LogP contribution is -2.46. The molecule has 1 aliphatic heterocycles. The van der Waals surface area contributed by atoms with E-state index in [1.54, 1.807) is 44.3 Å². The molecule has 2 aromatic carbocycles. The molecule has 0 saturated carbocycles. The summed E-state index contributed by atoms with van der Waals surface area (Å²) in [6.07, 6.45) is 0. The number of anilines is 1. The van der Waals surface area contributed by atoms with Crippen molar-refractivity contribution < 1.29 is 9.18 Å². The maximum Gasteiger partial charge on any atom is 0.274 e. The van der Waals surface area contributed by atoms with Crippen molar-refractivity contribution in [3.8, 4) is 0 Å². The number of hydrogen-bond donors (Lipinski definition) is 2. The average Bonchev–Trinajstić information content (AvgIpc) is 3.32. The number of aromatic amines is 1. The van der Waals surface area contributed by atoms with Crippen molar-refractivity contribution in [3.05, 3.63) is 75.1 Å². The minimum Gasteiger partial charge on any atom is -0.355 e. The summed E-state index contributed by atoms with van der Waals surface area (Å²) >= 11 is 0. The molecule has 0 aliphatic carbocycles. The molecule has 1 saturated heterocycles. The van der Waals surface area contributed by atoms with Gasteiger partial charge in [0.05, 0.1) is 27.9 Å². The van der Waals surface area contributed by atoms with E-state index in [1.165, 1.54) is 4.52 Å². The van der Waals surface area contributed by atoms with Crippen molar-refractivity contribution in [3.63, 3.8) is 0 Å². The number of aryl methyl sites for hydroxylation is 2. The number of benzene rings is 2. The van der Waals surface area contributed by atoms with Gasteiger partial charge in [-0.1, -0.05) is 6.07 Å². The number of aromatic nitrogens is 5. The van der Waals surface area contributed by atoms with Gasteiger partial charge < -0.3 is 15.2 Å². The van der Waals surface area contributed by atoms with Crippen LogP contribution in [0.3, 0.4) is 0 Å².